The van der Waals surface area contributed by atoms with Crippen molar-refractivity contribution in [3.8, 4) is 0 Å². The third-order valence-corrected chi connectivity index (χ3v) is 5.11. The summed E-state index contributed by atoms with van der Waals surface area (Å²) in [6.45, 7) is 3.17. The molecular formula is C16H24FN3O3S. The van der Waals surface area contributed by atoms with Gasteiger partial charge >= 0.3 is 0 Å². The molecule has 1 aromatic rings. The highest BCUT2D eigenvalue weighted by Crippen LogP contribution is 2.20. The van der Waals surface area contributed by atoms with Crippen LogP contribution in [0.5, 0.6) is 0 Å². The molecule has 0 atom stereocenters. The van der Waals surface area contributed by atoms with Crippen molar-refractivity contribution in [2.45, 2.75) is 19.3 Å². The maximum atomic E-state index is 13.9. The summed E-state index contributed by atoms with van der Waals surface area (Å²) in [5.41, 5.74) is -0.118. The van der Waals surface area contributed by atoms with Gasteiger partial charge in [-0.1, -0.05) is 12.1 Å². The normalized spacial score (nSPS) is 15.4. The van der Waals surface area contributed by atoms with Crippen LogP contribution in [0.25, 0.3) is 0 Å². The van der Waals surface area contributed by atoms with E-state index in [1.807, 2.05) is 0 Å². The molecular weight excluding hydrogens is 333 g/mol. The molecule has 0 aromatic heterocycles. The van der Waals surface area contributed by atoms with Crippen molar-refractivity contribution in [3.05, 3.63) is 30.1 Å². The van der Waals surface area contributed by atoms with Crippen LogP contribution in [0.3, 0.4) is 0 Å². The number of sulfonamides is 1. The van der Waals surface area contributed by atoms with Crippen LogP contribution in [0, 0.1) is 5.82 Å². The van der Waals surface area contributed by atoms with E-state index in [9.17, 15) is 17.6 Å². The Labute approximate surface area is 142 Å². The molecule has 1 saturated heterocycles. The van der Waals surface area contributed by atoms with Crippen LogP contribution >= 0.6 is 0 Å². The summed E-state index contributed by atoms with van der Waals surface area (Å²) in [7, 11) is -3.75. The Balaban J connectivity index is 1.87. The first-order valence-corrected chi connectivity index (χ1v) is 9.94. The molecule has 1 aliphatic rings. The Hall–Kier alpha value is -1.67. The van der Waals surface area contributed by atoms with Crippen molar-refractivity contribution in [2.75, 3.05) is 43.3 Å². The summed E-state index contributed by atoms with van der Waals surface area (Å²) in [6, 6.07) is 5.51. The predicted octanol–water partition coefficient (Wildman–Crippen LogP) is 1.19. The number of carbonyl (C=O) groups is 1. The van der Waals surface area contributed by atoms with E-state index in [-0.39, 0.29) is 5.69 Å². The Bertz CT molecular complexity index is 660. The third-order valence-electron chi connectivity index (χ3n) is 3.98. The van der Waals surface area contributed by atoms with Crippen molar-refractivity contribution in [1.29, 1.82) is 0 Å². The van der Waals surface area contributed by atoms with Gasteiger partial charge in [-0.25, -0.2) is 12.8 Å². The van der Waals surface area contributed by atoms with Gasteiger partial charge in [0.25, 0.3) is 0 Å². The highest BCUT2D eigenvalue weighted by atomic mass is 32.2. The molecule has 1 aliphatic heterocycles. The van der Waals surface area contributed by atoms with Crippen LogP contribution in [-0.4, -0.2) is 58.2 Å². The van der Waals surface area contributed by atoms with Crippen LogP contribution in [0.15, 0.2) is 24.3 Å². The maximum absolute atomic E-state index is 13.9. The molecule has 1 heterocycles. The van der Waals surface area contributed by atoms with Gasteiger partial charge in [-0.05, 0) is 51.0 Å². The van der Waals surface area contributed by atoms with E-state index in [0.29, 0.717) is 6.54 Å². The van der Waals surface area contributed by atoms with E-state index in [0.717, 1.165) is 36.6 Å². The Morgan fingerprint density at radius 1 is 1.29 bits per heavy atom. The maximum Gasteiger partial charge on any atom is 0.240 e. The van der Waals surface area contributed by atoms with Gasteiger partial charge in [0.1, 0.15) is 12.4 Å². The fraction of sp³-hybridized carbons (Fsp3) is 0.562. The smallest absolute Gasteiger partial charge is 0.240 e. The van der Waals surface area contributed by atoms with Crippen molar-refractivity contribution in [3.63, 3.8) is 0 Å². The molecule has 0 unspecified atom stereocenters. The van der Waals surface area contributed by atoms with Gasteiger partial charge in [0.15, 0.2) is 0 Å². The molecule has 1 amide bonds. The second-order valence-corrected chi connectivity index (χ2v) is 7.88. The molecule has 0 aliphatic carbocycles. The number of nitrogens with one attached hydrogen (secondary N) is 1. The average molecular weight is 357 g/mol. The Morgan fingerprint density at radius 2 is 1.96 bits per heavy atom. The number of likely N-dealkylation sites (tertiary alicyclic amines) is 1. The molecule has 0 saturated carbocycles. The molecule has 1 aromatic carbocycles. The van der Waals surface area contributed by atoms with Gasteiger partial charge in [0.05, 0.1) is 11.9 Å². The zero-order valence-corrected chi connectivity index (χ0v) is 14.7. The lowest BCUT2D eigenvalue weighted by molar-refractivity contribution is -0.119. The third kappa shape index (κ3) is 5.45. The van der Waals surface area contributed by atoms with Gasteiger partial charge in [-0.15, -0.1) is 0 Å². The lowest BCUT2D eigenvalue weighted by Gasteiger charge is -2.22. The number of anilines is 1. The van der Waals surface area contributed by atoms with Crippen LogP contribution in [0.2, 0.25) is 0 Å². The lowest BCUT2D eigenvalue weighted by Crippen LogP contribution is -2.41. The number of amides is 1. The zero-order chi connectivity index (χ0) is 17.6. The molecule has 2 rings (SSSR count). The standard InChI is InChI=1S/C16H24FN3O3S/c1-24(22,23)20(15-8-3-2-7-14(15)17)13-16(21)18-9-6-12-19-10-4-5-11-19/h2-3,7-8H,4-6,9-13H2,1H3,(H,18,21). The number of hydrogen-bond donors (Lipinski definition) is 1. The molecule has 24 heavy (non-hydrogen) atoms. The van der Waals surface area contributed by atoms with E-state index in [1.165, 1.54) is 37.1 Å². The monoisotopic (exact) mass is 357 g/mol. The van der Waals surface area contributed by atoms with E-state index in [2.05, 4.69) is 10.2 Å². The summed E-state index contributed by atoms with van der Waals surface area (Å²) < 4.78 is 38.4. The minimum atomic E-state index is -3.75. The van der Waals surface area contributed by atoms with Gasteiger partial charge in [-0.2, -0.15) is 0 Å². The largest absolute Gasteiger partial charge is 0.354 e. The minimum absolute atomic E-state index is 0.118. The van der Waals surface area contributed by atoms with Crippen LogP contribution in [0.1, 0.15) is 19.3 Å². The van der Waals surface area contributed by atoms with Gasteiger partial charge in [0.2, 0.25) is 15.9 Å². The lowest BCUT2D eigenvalue weighted by atomic mass is 10.3. The second-order valence-electron chi connectivity index (χ2n) is 5.97. The molecule has 0 spiro atoms. The number of carbonyl (C=O) groups excluding carboxylic acids is 1. The van der Waals surface area contributed by atoms with Crippen molar-refractivity contribution >= 4 is 21.6 Å². The molecule has 1 N–H and O–H groups in total. The highest BCUT2D eigenvalue weighted by Gasteiger charge is 2.23. The number of para-hydroxylation sites is 1. The molecule has 0 bridgehead atoms. The molecule has 0 radical (unpaired) electrons. The summed E-state index contributed by atoms with van der Waals surface area (Å²) in [5, 5.41) is 2.70. The van der Waals surface area contributed by atoms with Crippen LogP contribution in [0.4, 0.5) is 10.1 Å². The number of rotatable bonds is 8. The second kappa shape index (κ2) is 8.43. The van der Waals surface area contributed by atoms with Crippen molar-refractivity contribution in [2.24, 2.45) is 0 Å². The topological polar surface area (TPSA) is 69.7 Å². The zero-order valence-electron chi connectivity index (χ0n) is 13.9. The fourth-order valence-electron chi connectivity index (χ4n) is 2.76. The number of benzene rings is 1. The highest BCUT2D eigenvalue weighted by molar-refractivity contribution is 7.92. The summed E-state index contributed by atoms with van der Waals surface area (Å²) in [4.78, 5) is 14.4. The van der Waals surface area contributed by atoms with E-state index in [4.69, 9.17) is 0 Å². The number of nitrogens with zero attached hydrogens (tertiary/aromatic N) is 2. The molecule has 1 fully saturated rings. The molecule has 134 valence electrons. The first-order chi connectivity index (χ1) is 11.4. The number of halogens is 1. The summed E-state index contributed by atoms with van der Waals surface area (Å²) in [6.07, 6.45) is 4.21. The van der Waals surface area contributed by atoms with E-state index < -0.39 is 28.3 Å². The van der Waals surface area contributed by atoms with E-state index in [1.54, 1.807) is 0 Å². The first kappa shape index (κ1) is 18.7. The fourth-order valence-corrected chi connectivity index (χ4v) is 3.62. The predicted molar refractivity (Wildman–Crippen MR) is 91.9 cm³/mol. The van der Waals surface area contributed by atoms with Crippen LogP contribution in [-0.2, 0) is 14.8 Å². The van der Waals surface area contributed by atoms with Crippen molar-refractivity contribution < 1.29 is 17.6 Å². The van der Waals surface area contributed by atoms with Gasteiger partial charge in [0, 0.05) is 6.54 Å². The minimum Gasteiger partial charge on any atom is -0.354 e. The Morgan fingerprint density at radius 3 is 2.58 bits per heavy atom. The Kier molecular flexibility index (Phi) is 6.56. The average Bonchev–Trinajstić information content (AvgIpc) is 3.02. The van der Waals surface area contributed by atoms with Gasteiger partial charge < -0.3 is 10.2 Å². The van der Waals surface area contributed by atoms with Crippen molar-refractivity contribution in [1.82, 2.24) is 10.2 Å². The first-order valence-electron chi connectivity index (χ1n) is 8.09. The van der Waals surface area contributed by atoms with Crippen LogP contribution < -0.4 is 9.62 Å². The number of hydrogen-bond acceptors (Lipinski definition) is 4. The summed E-state index contributed by atoms with van der Waals surface area (Å²) >= 11 is 0. The molecule has 6 nitrogen and oxygen atoms in total. The van der Waals surface area contributed by atoms with E-state index >= 15 is 0 Å². The van der Waals surface area contributed by atoms with Gasteiger partial charge in [-0.3, -0.25) is 9.10 Å². The summed E-state index contributed by atoms with van der Waals surface area (Å²) in [5.74, 6) is -1.12. The molecule has 8 heteroatoms. The quantitative estimate of drug-likeness (QED) is 0.710. The SMILES string of the molecule is CS(=O)(=O)N(CC(=O)NCCCN1CCCC1)c1ccccc1F.